The van der Waals surface area contributed by atoms with Crippen molar-refractivity contribution >= 4 is 27.5 Å². The molecule has 1 unspecified atom stereocenters. The molecule has 0 radical (unpaired) electrons. The summed E-state index contributed by atoms with van der Waals surface area (Å²) in [5, 5.41) is 1.02. The topological polar surface area (TPSA) is 6.48 Å². The lowest BCUT2D eigenvalue weighted by Gasteiger charge is -2.22. The zero-order valence-electron chi connectivity index (χ0n) is 10.1. The third-order valence-electron chi connectivity index (χ3n) is 1.78. The molecule has 0 aromatic carbocycles. The smallest absolute Gasteiger partial charge is 0.0231 e. The molecule has 2 nitrogen and oxygen atoms in total. The maximum Gasteiger partial charge on any atom is 0.0231 e. The van der Waals surface area contributed by atoms with E-state index >= 15 is 0 Å². The molecular formula is C10H24BrClN2. The van der Waals surface area contributed by atoms with Crippen molar-refractivity contribution in [2.24, 2.45) is 0 Å². The van der Waals surface area contributed by atoms with E-state index < -0.39 is 0 Å². The highest BCUT2D eigenvalue weighted by molar-refractivity contribution is 9.09. The summed E-state index contributed by atoms with van der Waals surface area (Å²) in [6.07, 6.45) is 1.07. The fourth-order valence-corrected chi connectivity index (χ4v) is 1.48. The molecule has 0 aliphatic rings. The molecular weight excluding hydrogens is 263 g/mol. The van der Waals surface area contributed by atoms with Gasteiger partial charge in [0.2, 0.25) is 0 Å². The van der Waals surface area contributed by atoms with E-state index in [0.29, 0.717) is 6.04 Å². The Labute approximate surface area is 103 Å². The summed E-state index contributed by atoms with van der Waals surface area (Å²) in [6.45, 7) is 3.35. The van der Waals surface area contributed by atoms with E-state index in [1.165, 1.54) is 0 Å². The number of alkyl halides is 2. The van der Waals surface area contributed by atoms with Crippen LogP contribution in [0.15, 0.2) is 0 Å². The van der Waals surface area contributed by atoms with Crippen molar-refractivity contribution in [1.82, 2.24) is 9.80 Å². The van der Waals surface area contributed by atoms with Gasteiger partial charge in [0.1, 0.15) is 0 Å². The predicted molar refractivity (Wildman–Crippen MR) is 70.8 cm³/mol. The van der Waals surface area contributed by atoms with Crippen LogP contribution in [0, 0.1) is 0 Å². The van der Waals surface area contributed by atoms with Gasteiger partial charge in [-0.2, -0.15) is 0 Å². The van der Waals surface area contributed by atoms with E-state index in [1.807, 2.05) is 0 Å². The van der Waals surface area contributed by atoms with Crippen molar-refractivity contribution in [3.63, 3.8) is 0 Å². The minimum Gasteiger partial charge on any atom is -0.308 e. The lowest BCUT2D eigenvalue weighted by atomic mass is 10.3. The highest BCUT2D eigenvalue weighted by Gasteiger charge is 2.03. The van der Waals surface area contributed by atoms with Gasteiger partial charge in [-0.3, -0.25) is 0 Å². The van der Waals surface area contributed by atoms with Crippen LogP contribution in [0.25, 0.3) is 0 Å². The molecule has 0 bridgehead atoms. The fourth-order valence-electron chi connectivity index (χ4n) is 0.742. The Hall–Kier alpha value is 0.690. The van der Waals surface area contributed by atoms with Gasteiger partial charge >= 0.3 is 0 Å². The first kappa shape index (κ1) is 17.1. The van der Waals surface area contributed by atoms with Crippen molar-refractivity contribution < 1.29 is 0 Å². The molecule has 4 heteroatoms. The van der Waals surface area contributed by atoms with Gasteiger partial charge in [0.15, 0.2) is 0 Å². The summed E-state index contributed by atoms with van der Waals surface area (Å²) in [7, 11) is 8.41. The Morgan fingerprint density at radius 2 is 1.71 bits per heavy atom. The number of halogens is 2. The second kappa shape index (κ2) is 11.8. The molecule has 0 rings (SSSR count). The lowest BCUT2D eigenvalue weighted by molar-refractivity contribution is 0.244. The Kier molecular flexibility index (Phi) is 14.4. The molecule has 0 fully saturated rings. The van der Waals surface area contributed by atoms with Crippen LogP contribution in [0.1, 0.15) is 13.3 Å². The Balaban J connectivity index is 0. The van der Waals surface area contributed by atoms with Crippen LogP contribution in [0.4, 0.5) is 0 Å². The summed E-state index contributed by atoms with van der Waals surface area (Å²) < 4.78 is 0. The average molecular weight is 288 g/mol. The van der Waals surface area contributed by atoms with Crippen molar-refractivity contribution in [3.05, 3.63) is 0 Å². The molecule has 0 aliphatic heterocycles. The Morgan fingerprint density at radius 3 is 1.79 bits per heavy atom. The third kappa shape index (κ3) is 15.2. The maximum atomic E-state index is 5.27. The Bertz CT molecular complexity index is 108. The second-order valence-corrected chi connectivity index (χ2v) is 4.98. The Morgan fingerprint density at radius 1 is 1.21 bits per heavy atom. The van der Waals surface area contributed by atoms with Crippen LogP contribution >= 0.6 is 27.5 Å². The molecule has 88 valence electrons. The van der Waals surface area contributed by atoms with Gasteiger partial charge < -0.3 is 9.80 Å². The van der Waals surface area contributed by atoms with Crippen LogP contribution < -0.4 is 0 Å². The minimum absolute atomic E-state index is 0.653. The summed E-state index contributed by atoms with van der Waals surface area (Å²) in [5.41, 5.74) is 0. The molecule has 0 saturated heterocycles. The van der Waals surface area contributed by atoms with E-state index in [1.54, 1.807) is 0 Å². The SMILES string of the molecule is CC(CN(C)C)N(C)C.ClCCCBr. The number of rotatable bonds is 5. The van der Waals surface area contributed by atoms with Crippen LogP contribution in [0.5, 0.6) is 0 Å². The average Bonchev–Trinajstić information content (AvgIpc) is 2.05. The highest BCUT2D eigenvalue weighted by Crippen LogP contribution is 1.91. The van der Waals surface area contributed by atoms with E-state index in [2.05, 4.69) is 60.8 Å². The normalized spacial score (nSPS) is 12.6. The van der Waals surface area contributed by atoms with E-state index in [9.17, 15) is 0 Å². The second-order valence-electron chi connectivity index (χ2n) is 3.81. The summed E-state index contributed by atoms with van der Waals surface area (Å²) in [5.74, 6) is 0.769. The van der Waals surface area contributed by atoms with Crippen molar-refractivity contribution in [2.45, 2.75) is 19.4 Å². The van der Waals surface area contributed by atoms with Gasteiger partial charge in [-0.05, 0) is 41.5 Å². The molecule has 0 spiro atoms. The largest absolute Gasteiger partial charge is 0.308 e. The van der Waals surface area contributed by atoms with Gasteiger partial charge in [-0.1, -0.05) is 15.9 Å². The van der Waals surface area contributed by atoms with Gasteiger partial charge in [0.05, 0.1) is 0 Å². The monoisotopic (exact) mass is 286 g/mol. The number of likely N-dealkylation sites (N-methyl/N-ethyl adjacent to an activating group) is 2. The molecule has 0 heterocycles. The molecule has 0 saturated carbocycles. The molecule has 0 aromatic heterocycles. The maximum absolute atomic E-state index is 5.27. The summed E-state index contributed by atoms with van der Waals surface area (Å²) in [4.78, 5) is 4.42. The van der Waals surface area contributed by atoms with Crippen LogP contribution in [-0.4, -0.2) is 61.8 Å². The summed E-state index contributed by atoms with van der Waals surface area (Å²) >= 11 is 8.50. The van der Waals surface area contributed by atoms with Gasteiger partial charge in [-0.25, -0.2) is 0 Å². The van der Waals surface area contributed by atoms with E-state index in [4.69, 9.17) is 11.6 Å². The third-order valence-corrected chi connectivity index (χ3v) is 2.61. The van der Waals surface area contributed by atoms with Crippen LogP contribution in [0.2, 0.25) is 0 Å². The number of nitrogens with zero attached hydrogens (tertiary/aromatic N) is 2. The number of hydrogen-bond acceptors (Lipinski definition) is 2. The van der Waals surface area contributed by atoms with Gasteiger partial charge in [0.25, 0.3) is 0 Å². The standard InChI is InChI=1S/C7H18N2.C3H6BrCl/c1-7(9(4)5)6-8(2)3;4-2-1-3-5/h7H,6H2,1-5H3;1-3H2. The molecule has 0 amide bonds. The highest BCUT2D eigenvalue weighted by atomic mass is 79.9. The molecule has 14 heavy (non-hydrogen) atoms. The van der Waals surface area contributed by atoms with E-state index in [-0.39, 0.29) is 0 Å². The first-order valence-corrected chi connectivity index (χ1v) is 6.54. The number of hydrogen-bond donors (Lipinski definition) is 0. The van der Waals surface area contributed by atoms with Gasteiger partial charge in [0, 0.05) is 23.8 Å². The molecule has 0 aromatic rings. The van der Waals surface area contributed by atoms with Crippen molar-refractivity contribution in [3.8, 4) is 0 Å². The van der Waals surface area contributed by atoms with E-state index in [0.717, 1.165) is 24.2 Å². The van der Waals surface area contributed by atoms with Crippen molar-refractivity contribution in [2.75, 3.05) is 45.9 Å². The summed E-state index contributed by atoms with van der Waals surface area (Å²) in [6, 6.07) is 0.653. The van der Waals surface area contributed by atoms with Crippen LogP contribution in [0.3, 0.4) is 0 Å². The quantitative estimate of drug-likeness (QED) is 0.717. The molecule has 0 aliphatic carbocycles. The first-order valence-electron chi connectivity index (χ1n) is 4.88. The zero-order chi connectivity index (χ0) is 11.6. The molecule has 1 atom stereocenters. The first-order chi connectivity index (χ1) is 6.45. The zero-order valence-corrected chi connectivity index (χ0v) is 12.4. The lowest BCUT2D eigenvalue weighted by Crippen LogP contribution is -2.34. The fraction of sp³-hybridized carbons (Fsp3) is 1.00. The minimum atomic E-state index is 0.653. The van der Waals surface area contributed by atoms with Gasteiger partial charge in [-0.15, -0.1) is 11.6 Å². The van der Waals surface area contributed by atoms with Crippen LogP contribution in [-0.2, 0) is 0 Å². The van der Waals surface area contributed by atoms with Crippen molar-refractivity contribution in [1.29, 1.82) is 0 Å². The molecule has 0 N–H and O–H groups in total. The predicted octanol–water partition coefficient (Wildman–Crippen LogP) is 2.51.